The maximum absolute atomic E-state index is 2.18. The number of benzene rings is 1. The molecule has 0 aromatic heterocycles. The second-order valence-electron chi connectivity index (χ2n) is 1.99. The van der Waals surface area contributed by atoms with E-state index in [1.807, 2.05) is 0 Å². The van der Waals surface area contributed by atoms with Crippen LogP contribution in [-0.4, -0.2) is 23.0 Å². The first-order chi connectivity index (χ1) is 4.43. The molecule has 0 spiro atoms. The van der Waals surface area contributed by atoms with E-state index < -0.39 is 0 Å². The summed E-state index contributed by atoms with van der Waals surface area (Å²) in [5, 5.41) is 0. The zero-order valence-corrected chi connectivity index (χ0v) is 8.16. The summed E-state index contributed by atoms with van der Waals surface area (Å²) in [7, 11) is 0. The Bertz CT molecular complexity index is 157. The Morgan fingerprint density at radius 1 is 1.11 bits per heavy atom. The van der Waals surface area contributed by atoms with Crippen molar-refractivity contribution in [2.75, 3.05) is 0 Å². The molecule has 0 fully saturated rings. The van der Waals surface area contributed by atoms with Gasteiger partial charge in [0.2, 0.25) is 0 Å². The molecule has 0 nitrogen and oxygen atoms in total. The van der Waals surface area contributed by atoms with Gasteiger partial charge in [-0.05, 0) is 0 Å². The molecular weight excluding hydrogens is 218 g/mol. The van der Waals surface area contributed by atoms with Gasteiger partial charge in [0.25, 0.3) is 0 Å². The van der Waals surface area contributed by atoms with Crippen molar-refractivity contribution in [1.82, 2.24) is 0 Å². The first-order valence-electron chi connectivity index (χ1n) is 3.12. The summed E-state index contributed by atoms with van der Waals surface area (Å²) in [6.45, 7) is 0. The van der Waals surface area contributed by atoms with Crippen LogP contribution in [-0.2, 0) is 6.42 Å². The van der Waals surface area contributed by atoms with E-state index in [9.17, 15) is 0 Å². The van der Waals surface area contributed by atoms with E-state index in [1.165, 1.54) is 16.4 Å². The maximum atomic E-state index is 2.18. The predicted octanol–water partition coefficient (Wildman–Crippen LogP) is 1.55. The summed E-state index contributed by atoms with van der Waals surface area (Å²) in [6, 6.07) is 10.6. The SMILES string of the molecule is [SbH][CH2]Cc1ccccc1. The van der Waals surface area contributed by atoms with Gasteiger partial charge in [0.05, 0.1) is 0 Å². The molecule has 0 aliphatic carbocycles. The van der Waals surface area contributed by atoms with E-state index in [2.05, 4.69) is 30.3 Å². The minimum atomic E-state index is 1.25. The van der Waals surface area contributed by atoms with Crippen molar-refractivity contribution >= 4 is 23.0 Å². The Morgan fingerprint density at radius 3 is 2.33 bits per heavy atom. The zero-order valence-electron chi connectivity index (χ0n) is 5.30. The normalized spacial score (nSPS) is 9.44. The van der Waals surface area contributed by atoms with Crippen LogP contribution in [0.1, 0.15) is 5.56 Å². The quantitative estimate of drug-likeness (QED) is 0.673. The number of aryl methyl sites for hydroxylation is 1. The van der Waals surface area contributed by atoms with E-state index >= 15 is 0 Å². The van der Waals surface area contributed by atoms with Crippen LogP contribution in [0.5, 0.6) is 0 Å². The summed E-state index contributed by atoms with van der Waals surface area (Å²) in [4.78, 5) is 0. The Balaban J connectivity index is 2.61. The van der Waals surface area contributed by atoms with Gasteiger partial charge >= 0.3 is 69.7 Å². The standard InChI is InChI=1S/C8H9.Sb.H/c1-2-8-6-4-3-5-7-8;;/h3-7H,1-2H2;;. The summed E-state index contributed by atoms with van der Waals surface area (Å²) in [5.41, 5.74) is 1.47. The molecule has 9 heavy (non-hydrogen) atoms. The van der Waals surface area contributed by atoms with Crippen LogP contribution in [0.2, 0.25) is 4.37 Å². The molecule has 0 heterocycles. The van der Waals surface area contributed by atoms with Gasteiger partial charge in [-0.1, -0.05) is 0 Å². The molecule has 1 radical (unpaired) electrons. The zero-order chi connectivity index (χ0) is 6.53. The van der Waals surface area contributed by atoms with Crippen molar-refractivity contribution in [2.45, 2.75) is 10.8 Å². The van der Waals surface area contributed by atoms with Crippen LogP contribution in [0, 0.1) is 0 Å². The fraction of sp³-hybridized carbons (Fsp3) is 0.250. The van der Waals surface area contributed by atoms with Crippen molar-refractivity contribution in [3.8, 4) is 0 Å². The van der Waals surface area contributed by atoms with E-state index in [4.69, 9.17) is 0 Å². The van der Waals surface area contributed by atoms with Crippen molar-refractivity contribution in [3.05, 3.63) is 35.9 Å². The van der Waals surface area contributed by atoms with Crippen LogP contribution < -0.4 is 0 Å². The molecule has 0 amide bonds. The monoisotopic (exact) mass is 227 g/mol. The molecule has 0 N–H and O–H groups in total. The van der Waals surface area contributed by atoms with Crippen molar-refractivity contribution in [2.24, 2.45) is 0 Å². The second-order valence-corrected chi connectivity index (χ2v) is 3.41. The first kappa shape index (κ1) is 7.15. The van der Waals surface area contributed by atoms with Crippen LogP contribution in [0.15, 0.2) is 30.3 Å². The fourth-order valence-electron chi connectivity index (χ4n) is 0.789. The molecule has 0 bridgehead atoms. The molecule has 1 rings (SSSR count). The van der Waals surface area contributed by atoms with Crippen LogP contribution in [0.25, 0.3) is 0 Å². The number of rotatable bonds is 2. The van der Waals surface area contributed by atoms with E-state index in [-0.39, 0.29) is 0 Å². The average molecular weight is 228 g/mol. The molecule has 1 aromatic carbocycles. The first-order valence-corrected chi connectivity index (χ1v) is 5.14. The molecule has 1 heteroatoms. The Labute approximate surface area is 69.8 Å². The second kappa shape index (κ2) is 3.95. The molecule has 1 aromatic rings. The third-order valence-electron chi connectivity index (χ3n) is 1.26. The average Bonchev–Trinajstić information content (AvgIpc) is 1.91. The van der Waals surface area contributed by atoms with Gasteiger partial charge in [-0.25, -0.2) is 0 Å². The van der Waals surface area contributed by atoms with E-state index in [1.54, 1.807) is 23.0 Å². The molecule has 0 saturated carbocycles. The van der Waals surface area contributed by atoms with Gasteiger partial charge < -0.3 is 0 Å². The summed E-state index contributed by atoms with van der Waals surface area (Å²) >= 11 is 1.63. The Hall–Kier alpha value is 0.0382. The Morgan fingerprint density at radius 2 is 1.78 bits per heavy atom. The third kappa shape index (κ3) is 2.41. The van der Waals surface area contributed by atoms with Gasteiger partial charge in [0.1, 0.15) is 0 Å². The number of hydrogen-bond donors (Lipinski definition) is 0. The Kier molecular flexibility index (Phi) is 3.14. The van der Waals surface area contributed by atoms with Gasteiger partial charge in [0, 0.05) is 0 Å². The fourth-order valence-corrected chi connectivity index (χ4v) is 1.61. The van der Waals surface area contributed by atoms with Gasteiger partial charge in [-0.2, -0.15) is 0 Å². The van der Waals surface area contributed by atoms with Crippen molar-refractivity contribution < 1.29 is 0 Å². The predicted molar refractivity (Wildman–Crippen MR) is 42.1 cm³/mol. The van der Waals surface area contributed by atoms with Crippen LogP contribution in [0.4, 0.5) is 0 Å². The molecular formula is C8H10Sb. The van der Waals surface area contributed by atoms with E-state index in [0.29, 0.717) is 0 Å². The molecule has 0 atom stereocenters. The third-order valence-corrected chi connectivity index (χ3v) is 1.97. The van der Waals surface area contributed by atoms with Crippen LogP contribution >= 0.6 is 0 Å². The molecule has 0 aliphatic rings. The van der Waals surface area contributed by atoms with Crippen molar-refractivity contribution in [1.29, 1.82) is 0 Å². The topological polar surface area (TPSA) is 0 Å². The van der Waals surface area contributed by atoms with Crippen molar-refractivity contribution in [3.63, 3.8) is 0 Å². The minimum absolute atomic E-state index is 1.25. The summed E-state index contributed by atoms with van der Waals surface area (Å²) in [5.74, 6) is 0. The summed E-state index contributed by atoms with van der Waals surface area (Å²) < 4.78 is 1.33. The van der Waals surface area contributed by atoms with Gasteiger partial charge in [0.15, 0.2) is 0 Å². The number of hydrogen-bond acceptors (Lipinski definition) is 0. The molecule has 0 unspecified atom stereocenters. The molecule has 0 aliphatic heterocycles. The summed E-state index contributed by atoms with van der Waals surface area (Å²) in [6.07, 6.45) is 1.25. The molecule has 0 saturated heterocycles. The van der Waals surface area contributed by atoms with Gasteiger partial charge in [-0.3, -0.25) is 0 Å². The van der Waals surface area contributed by atoms with Crippen LogP contribution in [0.3, 0.4) is 0 Å². The van der Waals surface area contributed by atoms with E-state index in [0.717, 1.165) is 0 Å². The van der Waals surface area contributed by atoms with Gasteiger partial charge in [-0.15, -0.1) is 0 Å². The molecule has 47 valence electrons.